The molecule has 1 fully saturated rings. The van der Waals surface area contributed by atoms with Gasteiger partial charge in [-0.3, -0.25) is 4.79 Å². The number of carbonyl (C=O) groups excluding carboxylic acids is 1. The van der Waals surface area contributed by atoms with E-state index >= 15 is 0 Å². The van der Waals surface area contributed by atoms with Crippen LogP contribution in [0, 0.1) is 0 Å². The van der Waals surface area contributed by atoms with Crippen molar-refractivity contribution in [3.63, 3.8) is 0 Å². The van der Waals surface area contributed by atoms with Gasteiger partial charge in [0.05, 0.1) is 5.54 Å². The number of carbonyl (C=O) groups is 1. The van der Waals surface area contributed by atoms with E-state index in [1.54, 1.807) is 6.20 Å². The van der Waals surface area contributed by atoms with Crippen LogP contribution in [-0.4, -0.2) is 16.3 Å². The van der Waals surface area contributed by atoms with Crippen molar-refractivity contribution in [3.8, 4) is 0 Å². The molecule has 88 valence electrons. The highest BCUT2D eigenvalue weighted by atomic mass is 16.1. The molecule has 0 unspecified atom stereocenters. The van der Waals surface area contributed by atoms with Gasteiger partial charge in [-0.2, -0.15) is 0 Å². The summed E-state index contributed by atoms with van der Waals surface area (Å²) in [5.74, 6) is 0.0902. The maximum absolute atomic E-state index is 12.5. The zero-order valence-corrected chi connectivity index (χ0v) is 9.70. The standard InChI is InChI=1S/C14H16N2O/c15-14(7-3-4-8-14)13(17)11-9-16-12-6-2-1-5-10(11)12/h1-2,5-6,9,16H,3-4,7-8,15H2. The maximum atomic E-state index is 12.5. The number of fused-ring (bicyclic) bond motifs is 1. The Hall–Kier alpha value is -1.61. The molecule has 1 heterocycles. The number of benzene rings is 1. The lowest BCUT2D eigenvalue weighted by molar-refractivity contribution is 0.0894. The fraction of sp³-hybridized carbons (Fsp3) is 0.357. The van der Waals surface area contributed by atoms with Crippen LogP contribution in [0.3, 0.4) is 0 Å². The summed E-state index contributed by atoms with van der Waals surface area (Å²) in [6, 6.07) is 7.85. The first-order valence-corrected chi connectivity index (χ1v) is 6.10. The van der Waals surface area contributed by atoms with E-state index in [0.717, 1.165) is 42.1 Å². The molecule has 17 heavy (non-hydrogen) atoms. The zero-order chi connectivity index (χ0) is 11.9. The fourth-order valence-corrected chi connectivity index (χ4v) is 2.76. The Morgan fingerprint density at radius 1 is 1.24 bits per heavy atom. The summed E-state index contributed by atoms with van der Waals surface area (Å²) in [6.07, 6.45) is 5.53. The summed E-state index contributed by atoms with van der Waals surface area (Å²) in [6.45, 7) is 0. The third-order valence-electron chi connectivity index (χ3n) is 3.78. The molecule has 1 aliphatic carbocycles. The topological polar surface area (TPSA) is 58.9 Å². The first-order valence-electron chi connectivity index (χ1n) is 6.10. The van der Waals surface area contributed by atoms with E-state index in [9.17, 15) is 4.79 Å². The van der Waals surface area contributed by atoms with Crippen molar-refractivity contribution in [2.75, 3.05) is 0 Å². The summed E-state index contributed by atoms with van der Waals surface area (Å²) in [5.41, 5.74) is 7.33. The Morgan fingerprint density at radius 3 is 2.71 bits per heavy atom. The third-order valence-corrected chi connectivity index (χ3v) is 3.78. The van der Waals surface area contributed by atoms with Crippen LogP contribution in [-0.2, 0) is 0 Å². The number of aromatic amines is 1. The smallest absolute Gasteiger partial charge is 0.184 e. The van der Waals surface area contributed by atoms with Gasteiger partial charge in [-0.1, -0.05) is 31.0 Å². The van der Waals surface area contributed by atoms with Gasteiger partial charge in [0.25, 0.3) is 0 Å². The minimum atomic E-state index is -0.634. The van der Waals surface area contributed by atoms with Crippen molar-refractivity contribution in [1.82, 2.24) is 4.98 Å². The highest BCUT2D eigenvalue weighted by Gasteiger charge is 2.38. The molecule has 0 spiro atoms. The van der Waals surface area contributed by atoms with E-state index in [2.05, 4.69) is 4.98 Å². The number of para-hydroxylation sites is 1. The summed E-state index contributed by atoms with van der Waals surface area (Å²) in [7, 11) is 0. The lowest BCUT2D eigenvalue weighted by atomic mass is 9.88. The molecule has 3 heteroatoms. The lowest BCUT2D eigenvalue weighted by Gasteiger charge is -2.21. The van der Waals surface area contributed by atoms with Crippen molar-refractivity contribution in [2.45, 2.75) is 31.2 Å². The second-order valence-electron chi connectivity index (χ2n) is 4.94. The van der Waals surface area contributed by atoms with Crippen molar-refractivity contribution in [1.29, 1.82) is 0 Å². The molecule has 0 atom stereocenters. The summed E-state index contributed by atoms with van der Waals surface area (Å²) >= 11 is 0. The number of hydrogen-bond acceptors (Lipinski definition) is 2. The fourth-order valence-electron chi connectivity index (χ4n) is 2.76. The molecule has 1 aromatic heterocycles. The number of H-pyrrole nitrogens is 1. The van der Waals surface area contributed by atoms with E-state index < -0.39 is 5.54 Å². The van der Waals surface area contributed by atoms with E-state index in [-0.39, 0.29) is 5.78 Å². The maximum Gasteiger partial charge on any atom is 0.184 e. The van der Waals surface area contributed by atoms with Gasteiger partial charge in [0.2, 0.25) is 0 Å². The normalized spacial score (nSPS) is 18.6. The van der Waals surface area contributed by atoms with Gasteiger partial charge < -0.3 is 10.7 Å². The molecule has 2 aromatic rings. The number of nitrogens with two attached hydrogens (primary N) is 1. The van der Waals surface area contributed by atoms with Gasteiger partial charge in [0.15, 0.2) is 5.78 Å². The van der Waals surface area contributed by atoms with E-state index in [1.165, 1.54) is 0 Å². The Bertz CT molecular complexity index is 564. The van der Waals surface area contributed by atoms with Crippen molar-refractivity contribution in [2.24, 2.45) is 5.73 Å². The van der Waals surface area contributed by atoms with Crippen LogP contribution in [0.25, 0.3) is 10.9 Å². The second kappa shape index (κ2) is 3.70. The van der Waals surface area contributed by atoms with Crippen LogP contribution >= 0.6 is 0 Å². The van der Waals surface area contributed by atoms with Gasteiger partial charge >= 0.3 is 0 Å². The molecular weight excluding hydrogens is 212 g/mol. The molecule has 1 aromatic carbocycles. The molecule has 1 saturated carbocycles. The summed E-state index contributed by atoms with van der Waals surface area (Å²) < 4.78 is 0. The quantitative estimate of drug-likeness (QED) is 0.776. The van der Waals surface area contributed by atoms with E-state index in [1.807, 2.05) is 24.3 Å². The van der Waals surface area contributed by atoms with Crippen LogP contribution in [0.4, 0.5) is 0 Å². The number of nitrogens with one attached hydrogen (secondary N) is 1. The van der Waals surface area contributed by atoms with Crippen molar-refractivity contribution in [3.05, 3.63) is 36.0 Å². The highest BCUT2D eigenvalue weighted by Crippen LogP contribution is 2.32. The zero-order valence-electron chi connectivity index (χ0n) is 9.70. The Balaban J connectivity index is 2.07. The van der Waals surface area contributed by atoms with Gasteiger partial charge in [0.1, 0.15) is 0 Å². The van der Waals surface area contributed by atoms with Gasteiger partial charge in [-0.25, -0.2) is 0 Å². The third kappa shape index (κ3) is 1.58. The second-order valence-corrected chi connectivity index (χ2v) is 4.94. The molecule has 3 N–H and O–H groups in total. The predicted octanol–water partition coefficient (Wildman–Crippen LogP) is 2.62. The number of Topliss-reactive ketones (excluding diaryl/α,β-unsaturated/α-hetero) is 1. The van der Waals surface area contributed by atoms with Crippen molar-refractivity contribution < 1.29 is 4.79 Å². The monoisotopic (exact) mass is 228 g/mol. The van der Waals surface area contributed by atoms with Crippen LogP contribution in [0.5, 0.6) is 0 Å². The first-order chi connectivity index (χ1) is 8.21. The Morgan fingerprint density at radius 2 is 1.94 bits per heavy atom. The van der Waals surface area contributed by atoms with E-state index in [4.69, 9.17) is 5.73 Å². The minimum Gasteiger partial charge on any atom is -0.360 e. The molecule has 0 aliphatic heterocycles. The molecule has 0 saturated heterocycles. The van der Waals surface area contributed by atoms with Crippen LogP contribution < -0.4 is 5.73 Å². The van der Waals surface area contributed by atoms with Gasteiger partial charge in [-0.15, -0.1) is 0 Å². The van der Waals surface area contributed by atoms with Crippen LogP contribution in [0.2, 0.25) is 0 Å². The molecule has 0 radical (unpaired) electrons. The summed E-state index contributed by atoms with van der Waals surface area (Å²) in [5, 5.41) is 0.981. The molecular formula is C14H16N2O. The average Bonchev–Trinajstić information content (AvgIpc) is 2.95. The Labute approximate surface area is 100 Å². The highest BCUT2D eigenvalue weighted by molar-refractivity contribution is 6.12. The van der Waals surface area contributed by atoms with Gasteiger partial charge in [0, 0.05) is 22.7 Å². The largest absolute Gasteiger partial charge is 0.360 e. The molecule has 3 nitrogen and oxygen atoms in total. The number of aromatic nitrogens is 1. The number of rotatable bonds is 2. The first kappa shape index (κ1) is 10.5. The van der Waals surface area contributed by atoms with Crippen molar-refractivity contribution >= 4 is 16.7 Å². The van der Waals surface area contributed by atoms with Crippen LogP contribution in [0.1, 0.15) is 36.0 Å². The predicted molar refractivity (Wildman–Crippen MR) is 68.0 cm³/mol. The van der Waals surface area contributed by atoms with Crippen LogP contribution in [0.15, 0.2) is 30.5 Å². The Kier molecular flexibility index (Phi) is 2.30. The molecule has 3 rings (SSSR count). The molecule has 0 bridgehead atoms. The minimum absolute atomic E-state index is 0.0902. The summed E-state index contributed by atoms with van der Waals surface area (Å²) in [4.78, 5) is 15.6. The number of ketones is 1. The van der Waals surface area contributed by atoms with E-state index in [0.29, 0.717) is 0 Å². The lowest BCUT2D eigenvalue weighted by Crippen LogP contribution is -2.45. The molecule has 0 amide bonds. The average molecular weight is 228 g/mol. The molecule has 1 aliphatic rings. The SMILES string of the molecule is NC1(C(=O)c2c[nH]c3ccccc23)CCCC1. The van der Waals surface area contributed by atoms with Gasteiger partial charge in [-0.05, 0) is 18.9 Å². The number of hydrogen-bond donors (Lipinski definition) is 2.